The van der Waals surface area contributed by atoms with Gasteiger partial charge in [0.05, 0.1) is 0 Å². The molecule has 0 fully saturated rings. The first-order chi connectivity index (χ1) is 11.7. The van der Waals surface area contributed by atoms with Crippen molar-refractivity contribution in [3.8, 4) is 0 Å². The van der Waals surface area contributed by atoms with Crippen molar-refractivity contribution in [3.63, 3.8) is 0 Å². The number of hydrogen-bond acceptors (Lipinski definition) is 5. The number of carbonyl (C=O) groups excluding carboxylic acids is 1. The average Bonchev–Trinajstić information content (AvgIpc) is 2.64. The molecule has 2 aromatic rings. The van der Waals surface area contributed by atoms with E-state index in [1.165, 1.54) is 5.56 Å². The molecule has 0 aliphatic rings. The zero-order valence-electron chi connectivity index (χ0n) is 14.2. The normalized spacial score (nSPS) is 10.4. The Hall–Kier alpha value is -2.47. The number of aromatic nitrogens is 2. The Balaban J connectivity index is 2.03. The first-order valence-electron chi connectivity index (χ1n) is 8.13. The van der Waals surface area contributed by atoms with Crippen LogP contribution in [-0.4, -0.2) is 42.7 Å². The molecule has 0 saturated heterocycles. The van der Waals surface area contributed by atoms with Crippen LogP contribution in [0.2, 0.25) is 0 Å². The highest BCUT2D eigenvalue weighted by molar-refractivity contribution is 5.92. The maximum atomic E-state index is 12.2. The van der Waals surface area contributed by atoms with E-state index in [0.717, 1.165) is 13.0 Å². The van der Waals surface area contributed by atoms with Crippen molar-refractivity contribution in [1.82, 2.24) is 15.3 Å². The van der Waals surface area contributed by atoms with Crippen molar-refractivity contribution in [3.05, 3.63) is 53.9 Å². The number of rotatable bonds is 9. The minimum Gasteiger partial charge on any atom is -0.385 e. The summed E-state index contributed by atoms with van der Waals surface area (Å²) in [5.74, 6) is 0.372. The third-order valence-electron chi connectivity index (χ3n) is 3.57. The molecule has 0 aliphatic heterocycles. The number of carbonyl (C=O) groups is 1. The molecule has 0 unspecified atom stereocenters. The van der Waals surface area contributed by atoms with E-state index in [9.17, 15) is 4.79 Å². The monoisotopic (exact) mass is 328 g/mol. The van der Waals surface area contributed by atoms with Crippen molar-refractivity contribution in [2.75, 3.05) is 31.7 Å². The van der Waals surface area contributed by atoms with E-state index in [1.54, 1.807) is 19.4 Å². The first-order valence-corrected chi connectivity index (χ1v) is 8.13. The molecule has 1 aromatic heterocycles. The number of benzene rings is 1. The van der Waals surface area contributed by atoms with Gasteiger partial charge in [-0.2, -0.15) is 0 Å². The lowest BCUT2D eigenvalue weighted by Gasteiger charge is -2.21. The number of methoxy groups -OCH3 is 1. The summed E-state index contributed by atoms with van der Waals surface area (Å²) >= 11 is 0. The van der Waals surface area contributed by atoms with Crippen molar-refractivity contribution in [2.45, 2.75) is 19.9 Å². The summed E-state index contributed by atoms with van der Waals surface area (Å²) < 4.78 is 4.97. The molecule has 0 spiro atoms. The zero-order chi connectivity index (χ0) is 17.2. The summed E-state index contributed by atoms with van der Waals surface area (Å²) in [6.45, 7) is 4.69. The second-order valence-electron chi connectivity index (χ2n) is 5.34. The molecule has 1 amide bonds. The van der Waals surface area contributed by atoms with Crippen LogP contribution in [0, 0.1) is 0 Å². The molecule has 128 valence electrons. The van der Waals surface area contributed by atoms with Crippen LogP contribution in [0.15, 0.2) is 42.6 Å². The van der Waals surface area contributed by atoms with Crippen molar-refractivity contribution in [1.29, 1.82) is 0 Å². The number of nitrogens with zero attached hydrogens (tertiary/aromatic N) is 3. The predicted octanol–water partition coefficient (Wildman–Crippen LogP) is 2.27. The molecule has 1 N–H and O–H groups in total. The number of nitrogens with one attached hydrogen (secondary N) is 1. The topological polar surface area (TPSA) is 67.4 Å². The van der Waals surface area contributed by atoms with Gasteiger partial charge in [0.25, 0.3) is 5.91 Å². The fourth-order valence-electron chi connectivity index (χ4n) is 2.26. The minimum absolute atomic E-state index is 0.189. The van der Waals surface area contributed by atoms with Crippen molar-refractivity contribution in [2.24, 2.45) is 0 Å². The molecule has 24 heavy (non-hydrogen) atoms. The fourth-order valence-corrected chi connectivity index (χ4v) is 2.26. The molecule has 6 heteroatoms. The number of anilines is 1. The van der Waals surface area contributed by atoms with Gasteiger partial charge >= 0.3 is 0 Å². The molecular formula is C18H24N4O2. The summed E-state index contributed by atoms with van der Waals surface area (Å²) in [7, 11) is 1.64. The maximum absolute atomic E-state index is 12.2. The van der Waals surface area contributed by atoms with Crippen LogP contribution in [0.25, 0.3) is 0 Å². The summed E-state index contributed by atoms with van der Waals surface area (Å²) in [5, 5.41) is 2.84. The Labute approximate surface area is 142 Å². The second kappa shape index (κ2) is 9.62. The SMILES string of the molecule is CCN(Cc1ccccc1)c1nccc(C(=O)NCCCOC)n1. The van der Waals surface area contributed by atoms with Gasteiger partial charge in [0.15, 0.2) is 0 Å². The van der Waals surface area contributed by atoms with Crippen LogP contribution < -0.4 is 10.2 Å². The lowest BCUT2D eigenvalue weighted by Crippen LogP contribution is -2.28. The standard InChI is InChI=1S/C18H24N4O2/c1-3-22(14-15-8-5-4-6-9-15)18-20-12-10-16(21-18)17(23)19-11-7-13-24-2/h4-6,8-10,12H,3,7,11,13-14H2,1-2H3,(H,19,23). The molecule has 2 rings (SSSR count). The van der Waals surface area contributed by atoms with Crippen LogP contribution >= 0.6 is 0 Å². The van der Waals surface area contributed by atoms with Crippen molar-refractivity contribution >= 4 is 11.9 Å². The lowest BCUT2D eigenvalue weighted by atomic mass is 10.2. The highest BCUT2D eigenvalue weighted by Crippen LogP contribution is 2.12. The molecule has 0 bridgehead atoms. The van der Waals surface area contributed by atoms with Crippen LogP contribution in [0.3, 0.4) is 0 Å². The van der Waals surface area contributed by atoms with Crippen LogP contribution in [0.5, 0.6) is 0 Å². The van der Waals surface area contributed by atoms with Gasteiger partial charge in [-0.15, -0.1) is 0 Å². The Bertz CT molecular complexity index is 634. The number of hydrogen-bond donors (Lipinski definition) is 1. The number of amides is 1. The van der Waals surface area contributed by atoms with E-state index < -0.39 is 0 Å². The molecule has 1 aromatic carbocycles. The smallest absolute Gasteiger partial charge is 0.270 e. The molecule has 6 nitrogen and oxygen atoms in total. The van der Waals surface area contributed by atoms with Gasteiger partial charge in [-0.05, 0) is 25.0 Å². The van der Waals surface area contributed by atoms with Gasteiger partial charge in [0.1, 0.15) is 5.69 Å². The summed E-state index contributed by atoms with van der Waals surface area (Å²) in [4.78, 5) is 22.9. The number of ether oxygens (including phenoxy) is 1. The van der Waals surface area contributed by atoms with Crippen molar-refractivity contribution < 1.29 is 9.53 Å². The fraction of sp³-hybridized carbons (Fsp3) is 0.389. The van der Waals surface area contributed by atoms with E-state index in [2.05, 4.69) is 27.4 Å². The van der Waals surface area contributed by atoms with Crippen LogP contribution in [0.4, 0.5) is 5.95 Å². The van der Waals surface area contributed by atoms with E-state index >= 15 is 0 Å². The molecule has 0 radical (unpaired) electrons. The van der Waals surface area contributed by atoms with E-state index in [-0.39, 0.29) is 5.91 Å². The minimum atomic E-state index is -0.189. The second-order valence-corrected chi connectivity index (χ2v) is 5.34. The quantitative estimate of drug-likeness (QED) is 0.715. The zero-order valence-corrected chi connectivity index (χ0v) is 14.2. The third-order valence-corrected chi connectivity index (χ3v) is 3.57. The summed E-state index contributed by atoms with van der Waals surface area (Å²) in [6.07, 6.45) is 2.40. The Morgan fingerprint density at radius 1 is 1.25 bits per heavy atom. The molecule has 0 atom stereocenters. The summed E-state index contributed by atoms with van der Waals surface area (Å²) in [6, 6.07) is 11.8. The first kappa shape index (κ1) is 17.9. The predicted molar refractivity (Wildman–Crippen MR) is 94.0 cm³/mol. The largest absolute Gasteiger partial charge is 0.385 e. The summed E-state index contributed by atoms with van der Waals surface area (Å²) in [5.41, 5.74) is 1.56. The highest BCUT2D eigenvalue weighted by Gasteiger charge is 2.12. The van der Waals surface area contributed by atoms with E-state index in [0.29, 0.717) is 31.3 Å². The maximum Gasteiger partial charge on any atom is 0.270 e. The Morgan fingerprint density at radius 2 is 2.04 bits per heavy atom. The molecule has 0 aliphatic carbocycles. The Kier molecular flexibility index (Phi) is 7.17. The van der Waals surface area contributed by atoms with Crippen LogP contribution in [0.1, 0.15) is 29.4 Å². The van der Waals surface area contributed by atoms with Gasteiger partial charge in [-0.1, -0.05) is 30.3 Å². The lowest BCUT2D eigenvalue weighted by molar-refractivity contribution is 0.0943. The van der Waals surface area contributed by atoms with Gasteiger partial charge in [0.2, 0.25) is 5.95 Å². The van der Waals surface area contributed by atoms with Crippen LogP contribution in [-0.2, 0) is 11.3 Å². The van der Waals surface area contributed by atoms with Gasteiger partial charge < -0.3 is 15.0 Å². The third kappa shape index (κ3) is 5.31. The van der Waals surface area contributed by atoms with E-state index in [1.807, 2.05) is 30.0 Å². The van der Waals surface area contributed by atoms with E-state index in [4.69, 9.17) is 4.74 Å². The molecule has 1 heterocycles. The Morgan fingerprint density at radius 3 is 2.75 bits per heavy atom. The molecule has 0 saturated carbocycles. The van der Waals surface area contributed by atoms with Gasteiger partial charge in [-0.25, -0.2) is 9.97 Å². The van der Waals surface area contributed by atoms with Gasteiger partial charge in [-0.3, -0.25) is 4.79 Å². The average molecular weight is 328 g/mol. The highest BCUT2D eigenvalue weighted by atomic mass is 16.5. The molecular weight excluding hydrogens is 304 g/mol. The van der Waals surface area contributed by atoms with Gasteiger partial charge in [0, 0.05) is 39.5 Å².